The van der Waals surface area contributed by atoms with Gasteiger partial charge in [0, 0.05) is 0 Å². The van der Waals surface area contributed by atoms with Crippen molar-refractivity contribution in [3.05, 3.63) is 0 Å². The third-order valence-corrected chi connectivity index (χ3v) is 1.05. The summed E-state index contributed by atoms with van der Waals surface area (Å²) in [7, 11) is 1.90. The Morgan fingerprint density at radius 2 is 2.25 bits per heavy atom. The molecule has 0 saturated carbocycles. The van der Waals surface area contributed by atoms with Crippen molar-refractivity contribution in [1.82, 2.24) is 5.43 Å². The first-order valence-corrected chi connectivity index (χ1v) is 2.97. The summed E-state index contributed by atoms with van der Waals surface area (Å²) in [6.45, 7) is 7.92. The molecular weight excluding hydrogens is 100 g/mol. The second-order valence-corrected chi connectivity index (χ2v) is 2.14. The maximum Gasteiger partial charge on any atom is 0.161 e. The van der Waals surface area contributed by atoms with Crippen molar-refractivity contribution < 1.29 is 4.68 Å². The smallest absolute Gasteiger partial charge is 0.161 e. The lowest BCUT2D eigenvalue weighted by Gasteiger charge is -2.04. The lowest BCUT2D eigenvalue weighted by atomic mass is 10.3. The Kier molecular flexibility index (Phi) is 3.24. The molecule has 0 spiro atoms. The van der Waals surface area contributed by atoms with Crippen molar-refractivity contribution in [2.45, 2.75) is 26.3 Å². The van der Waals surface area contributed by atoms with Gasteiger partial charge in [-0.1, -0.05) is 6.92 Å². The van der Waals surface area contributed by atoms with Crippen LogP contribution in [-0.2, 0) is 0 Å². The molecule has 0 saturated heterocycles. The Labute approximate surface area is 51.2 Å². The quantitative estimate of drug-likeness (QED) is 0.324. The predicted molar refractivity (Wildman–Crippen MR) is 36.2 cm³/mol. The van der Waals surface area contributed by atoms with E-state index < -0.39 is 0 Å². The third-order valence-electron chi connectivity index (χ3n) is 1.05. The highest BCUT2D eigenvalue weighted by molar-refractivity contribution is 5.13. The molecule has 0 aromatic rings. The van der Waals surface area contributed by atoms with E-state index >= 15 is 0 Å². The SMILES string of the molecule is C=[N+](C)NC(C)CC. The molecule has 2 nitrogen and oxygen atoms in total. The molecule has 0 fully saturated rings. The molecule has 0 rings (SSSR count). The van der Waals surface area contributed by atoms with Crippen LogP contribution in [0, 0.1) is 0 Å². The summed E-state index contributed by atoms with van der Waals surface area (Å²) < 4.78 is 1.73. The van der Waals surface area contributed by atoms with Crippen LogP contribution in [0.15, 0.2) is 0 Å². The van der Waals surface area contributed by atoms with Gasteiger partial charge in [0.25, 0.3) is 0 Å². The van der Waals surface area contributed by atoms with Crippen LogP contribution in [-0.4, -0.2) is 24.5 Å². The van der Waals surface area contributed by atoms with E-state index in [9.17, 15) is 0 Å². The third kappa shape index (κ3) is 3.65. The molecule has 48 valence electrons. The standard InChI is InChI=1S/C6H15N2/c1-5-6(2)7-8(3)4/h6-7H,3,5H2,1-2,4H3/q+1. The van der Waals surface area contributed by atoms with Crippen LogP contribution in [0.3, 0.4) is 0 Å². The highest BCUT2D eigenvalue weighted by atomic mass is 15.4. The minimum absolute atomic E-state index is 0.539. The summed E-state index contributed by atoms with van der Waals surface area (Å²) in [5.41, 5.74) is 3.11. The summed E-state index contributed by atoms with van der Waals surface area (Å²) in [6.07, 6.45) is 1.14. The van der Waals surface area contributed by atoms with E-state index in [1.165, 1.54) is 0 Å². The first-order valence-electron chi connectivity index (χ1n) is 2.97. The molecule has 0 radical (unpaired) electrons. The van der Waals surface area contributed by atoms with E-state index in [1.54, 1.807) is 4.68 Å². The molecule has 8 heavy (non-hydrogen) atoms. The molecule has 0 amide bonds. The number of hydrazone groups is 1. The molecule has 1 N–H and O–H groups in total. The van der Waals surface area contributed by atoms with E-state index in [0.717, 1.165) is 6.42 Å². The van der Waals surface area contributed by atoms with Crippen molar-refractivity contribution in [3.63, 3.8) is 0 Å². The average molecular weight is 115 g/mol. The maximum atomic E-state index is 3.65. The largest absolute Gasteiger partial charge is 0.196 e. The van der Waals surface area contributed by atoms with Crippen LogP contribution >= 0.6 is 0 Å². The van der Waals surface area contributed by atoms with E-state index in [4.69, 9.17) is 0 Å². The fourth-order valence-corrected chi connectivity index (χ4v) is 0.468. The normalized spacial score (nSPS) is 12.9. The van der Waals surface area contributed by atoms with Crippen molar-refractivity contribution in [3.8, 4) is 0 Å². The number of nitrogens with zero attached hydrogens (tertiary/aromatic N) is 1. The molecule has 1 unspecified atom stereocenters. The Morgan fingerprint density at radius 1 is 1.75 bits per heavy atom. The summed E-state index contributed by atoms with van der Waals surface area (Å²) in [5.74, 6) is 0. The van der Waals surface area contributed by atoms with Crippen LogP contribution in [0.2, 0.25) is 0 Å². The minimum atomic E-state index is 0.539. The van der Waals surface area contributed by atoms with E-state index in [2.05, 4.69) is 26.0 Å². The van der Waals surface area contributed by atoms with Crippen molar-refractivity contribution in [2.75, 3.05) is 7.05 Å². The fraction of sp³-hybridized carbons (Fsp3) is 0.833. The molecule has 0 bridgehead atoms. The number of hydrazine groups is 1. The van der Waals surface area contributed by atoms with Gasteiger partial charge in [0.05, 0.1) is 6.04 Å². The van der Waals surface area contributed by atoms with Crippen LogP contribution in [0.5, 0.6) is 0 Å². The molecule has 2 heteroatoms. The maximum absolute atomic E-state index is 3.65. The number of rotatable bonds is 3. The van der Waals surface area contributed by atoms with Gasteiger partial charge in [-0.25, -0.2) is 0 Å². The van der Waals surface area contributed by atoms with Crippen LogP contribution in [0.1, 0.15) is 20.3 Å². The first kappa shape index (κ1) is 7.47. The molecular formula is C6H15N2+. The van der Waals surface area contributed by atoms with Gasteiger partial charge in [-0.3, -0.25) is 0 Å². The lowest BCUT2D eigenvalue weighted by Crippen LogP contribution is -2.32. The van der Waals surface area contributed by atoms with Gasteiger partial charge in [-0.15, -0.1) is 4.68 Å². The Bertz CT molecular complexity index is 78.6. The number of nitrogens with one attached hydrogen (secondary N) is 1. The van der Waals surface area contributed by atoms with Crippen LogP contribution in [0.4, 0.5) is 0 Å². The van der Waals surface area contributed by atoms with Gasteiger partial charge in [-0.2, -0.15) is 5.43 Å². The van der Waals surface area contributed by atoms with Crippen molar-refractivity contribution >= 4 is 6.72 Å². The molecule has 0 heterocycles. The number of hydrogen-bond donors (Lipinski definition) is 1. The summed E-state index contributed by atoms with van der Waals surface area (Å²) in [6, 6.07) is 0.539. The van der Waals surface area contributed by atoms with Gasteiger partial charge >= 0.3 is 0 Å². The molecule has 0 aliphatic rings. The van der Waals surface area contributed by atoms with Gasteiger partial charge in [0.2, 0.25) is 0 Å². The Morgan fingerprint density at radius 3 is 2.38 bits per heavy atom. The molecule has 1 atom stereocenters. The minimum Gasteiger partial charge on any atom is -0.196 e. The molecule has 0 aromatic carbocycles. The highest BCUT2D eigenvalue weighted by Crippen LogP contribution is 1.84. The second kappa shape index (κ2) is 3.47. The monoisotopic (exact) mass is 115 g/mol. The number of hydrogen-bond acceptors (Lipinski definition) is 1. The topological polar surface area (TPSA) is 15.0 Å². The molecule has 0 aromatic heterocycles. The van der Waals surface area contributed by atoms with Crippen molar-refractivity contribution in [2.24, 2.45) is 0 Å². The summed E-state index contributed by atoms with van der Waals surface area (Å²) >= 11 is 0. The van der Waals surface area contributed by atoms with Crippen molar-refractivity contribution in [1.29, 1.82) is 0 Å². The zero-order valence-corrected chi connectivity index (χ0v) is 5.94. The second-order valence-electron chi connectivity index (χ2n) is 2.14. The first-order chi connectivity index (χ1) is 3.66. The van der Waals surface area contributed by atoms with E-state index in [0.29, 0.717) is 6.04 Å². The zero-order valence-electron chi connectivity index (χ0n) is 5.94. The Hall–Kier alpha value is -0.530. The fourth-order valence-electron chi connectivity index (χ4n) is 0.468. The lowest BCUT2D eigenvalue weighted by molar-refractivity contribution is -0.557. The Balaban J connectivity index is 3.24. The van der Waals surface area contributed by atoms with Gasteiger partial charge in [0.15, 0.2) is 13.8 Å². The summed E-state index contributed by atoms with van der Waals surface area (Å²) in [5, 5.41) is 0. The van der Waals surface area contributed by atoms with Crippen LogP contribution < -0.4 is 5.43 Å². The van der Waals surface area contributed by atoms with Gasteiger partial charge < -0.3 is 0 Å². The zero-order chi connectivity index (χ0) is 6.57. The molecule has 0 aliphatic heterocycles. The van der Waals surface area contributed by atoms with E-state index in [-0.39, 0.29) is 0 Å². The summed E-state index contributed by atoms with van der Waals surface area (Å²) in [4.78, 5) is 0. The van der Waals surface area contributed by atoms with Gasteiger partial charge in [-0.05, 0) is 13.3 Å². The highest BCUT2D eigenvalue weighted by Gasteiger charge is 1.97. The average Bonchev–Trinajstić information content (AvgIpc) is 1.65. The van der Waals surface area contributed by atoms with Gasteiger partial charge in [0.1, 0.15) is 0 Å². The van der Waals surface area contributed by atoms with Crippen LogP contribution in [0.25, 0.3) is 0 Å². The molecule has 0 aliphatic carbocycles. The van der Waals surface area contributed by atoms with E-state index in [1.807, 2.05) is 7.05 Å². The predicted octanol–water partition coefficient (Wildman–Crippen LogP) is 0.632.